The van der Waals surface area contributed by atoms with Crippen LogP contribution in [0.4, 0.5) is 5.69 Å². The van der Waals surface area contributed by atoms with E-state index in [4.69, 9.17) is 17.3 Å². The topological polar surface area (TPSA) is 66.6 Å². The van der Waals surface area contributed by atoms with Gasteiger partial charge in [-0.15, -0.1) is 0 Å². The number of hydrogen-bond acceptors (Lipinski definition) is 3. The van der Waals surface area contributed by atoms with Crippen LogP contribution in [0.5, 0.6) is 0 Å². The van der Waals surface area contributed by atoms with Crippen LogP contribution < -0.4 is 5.73 Å². The quantitative estimate of drug-likeness (QED) is 0.836. The highest BCUT2D eigenvalue weighted by atomic mass is 35.5. The molecule has 1 aliphatic carbocycles. The Kier molecular flexibility index (Phi) is 4.02. The van der Waals surface area contributed by atoms with Crippen molar-refractivity contribution in [2.24, 2.45) is 0 Å². The molecule has 0 radical (unpaired) electrons. The molecule has 0 heterocycles. The number of nitrogens with two attached hydrogens (primary N) is 1. The molecule has 4 nitrogen and oxygen atoms in total. The molecule has 1 amide bonds. The molecule has 19 heavy (non-hydrogen) atoms. The number of carbonyl (C=O) groups is 1. The zero-order valence-electron chi connectivity index (χ0n) is 11.0. The van der Waals surface area contributed by atoms with Crippen molar-refractivity contribution in [2.75, 3.05) is 19.3 Å². The summed E-state index contributed by atoms with van der Waals surface area (Å²) in [5.74, 6) is -0.208. The van der Waals surface area contributed by atoms with Crippen molar-refractivity contribution in [3.8, 4) is 0 Å². The number of halogens is 1. The number of nitrogen functional groups attached to an aromatic ring is 1. The molecule has 2 rings (SSSR count). The first-order valence-electron chi connectivity index (χ1n) is 6.45. The summed E-state index contributed by atoms with van der Waals surface area (Å²) in [5.41, 5.74) is 5.75. The fraction of sp³-hybridized carbons (Fsp3) is 0.500. The lowest BCUT2D eigenvalue weighted by Crippen LogP contribution is -2.42. The summed E-state index contributed by atoms with van der Waals surface area (Å²) >= 11 is 5.92. The molecule has 0 unspecified atom stereocenters. The number of carbonyl (C=O) groups excluding carboxylic acids is 1. The van der Waals surface area contributed by atoms with Crippen molar-refractivity contribution in [2.45, 2.75) is 31.3 Å². The van der Waals surface area contributed by atoms with Crippen molar-refractivity contribution in [3.63, 3.8) is 0 Å². The molecule has 1 saturated carbocycles. The zero-order chi connectivity index (χ0) is 14.0. The number of amides is 1. The van der Waals surface area contributed by atoms with Crippen molar-refractivity contribution in [1.29, 1.82) is 0 Å². The summed E-state index contributed by atoms with van der Waals surface area (Å²) in [6.07, 6.45) is 3.51. The van der Waals surface area contributed by atoms with Gasteiger partial charge in [-0.3, -0.25) is 4.79 Å². The highest BCUT2D eigenvalue weighted by molar-refractivity contribution is 6.33. The van der Waals surface area contributed by atoms with E-state index in [2.05, 4.69) is 0 Å². The van der Waals surface area contributed by atoms with Gasteiger partial charge in [0.05, 0.1) is 21.9 Å². The number of hydrogen-bond donors (Lipinski definition) is 2. The second-order valence-electron chi connectivity index (χ2n) is 5.29. The van der Waals surface area contributed by atoms with E-state index in [0.29, 0.717) is 22.8 Å². The Balaban J connectivity index is 2.12. The fourth-order valence-electron chi connectivity index (χ4n) is 2.63. The van der Waals surface area contributed by atoms with Crippen LogP contribution in [0.1, 0.15) is 36.0 Å². The molecule has 0 saturated heterocycles. The lowest BCUT2D eigenvalue weighted by molar-refractivity contribution is 0.0157. The third-order valence-electron chi connectivity index (χ3n) is 3.70. The minimum absolute atomic E-state index is 0.208. The van der Waals surface area contributed by atoms with Gasteiger partial charge in [0.1, 0.15) is 0 Å². The summed E-state index contributed by atoms with van der Waals surface area (Å²) in [7, 11) is 1.68. The van der Waals surface area contributed by atoms with E-state index in [1.54, 1.807) is 25.2 Å². The summed E-state index contributed by atoms with van der Waals surface area (Å²) in [5, 5.41) is 10.7. The number of likely N-dealkylation sites (N-methyl/N-ethyl adjacent to an activating group) is 1. The zero-order valence-corrected chi connectivity index (χ0v) is 11.8. The maximum absolute atomic E-state index is 12.3. The van der Waals surface area contributed by atoms with Gasteiger partial charge in [0.15, 0.2) is 0 Å². The minimum atomic E-state index is -0.752. The molecule has 3 N–H and O–H groups in total. The van der Waals surface area contributed by atoms with E-state index in [-0.39, 0.29) is 5.91 Å². The Bertz CT molecular complexity index is 484. The van der Waals surface area contributed by atoms with Gasteiger partial charge in [-0.2, -0.15) is 0 Å². The van der Waals surface area contributed by atoms with Gasteiger partial charge in [0.2, 0.25) is 0 Å². The van der Waals surface area contributed by atoms with Crippen LogP contribution in [0, 0.1) is 0 Å². The number of aliphatic hydroxyl groups is 1. The van der Waals surface area contributed by atoms with Crippen molar-refractivity contribution < 1.29 is 9.90 Å². The largest absolute Gasteiger partial charge is 0.397 e. The van der Waals surface area contributed by atoms with Crippen molar-refractivity contribution in [3.05, 3.63) is 28.8 Å². The molecule has 1 aromatic carbocycles. The van der Waals surface area contributed by atoms with Crippen molar-refractivity contribution >= 4 is 23.2 Å². The van der Waals surface area contributed by atoms with Crippen LogP contribution >= 0.6 is 11.6 Å². The van der Waals surface area contributed by atoms with Gasteiger partial charge >= 0.3 is 0 Å². The van der Waals surface area contributed by atoms with E-state index in [0.717, 1.165) is 25.7 Å². The number of rotatable bonds is 3. The highest BCUT2D eigenvalue weighted by Crippen LogP contribution is 2.31. The summed E-state index contributed by atoms with van der Waals surface area (Å²) in [6.45, 7) is 0.331. The first-order valence-corrected chi connectivity index (χ1v) is 6.83. The Morgan fingerprint density at radius 1 is 1.47 bits per heavy atom. The third-order valence-corrected chi connectivity index (χ3v) is 4.03. The Hall–Kier alpha value is -1.26. The molecule has 104 valence electrons. The van der Waals surface area contributed by atoms with Crippen LogP contribution in [0.15, 0.2) is 18.2 Å². The number of para-hydroxylation sites is 1. The Labute approximate surface area is 118 Å². The summed E-state index contributed by atoms with van der Waals surface area (Å²) < 4.78 is 0. The molecule has 0 aromatic heterocycles. The lowest BCUT2D eigenvalue weighted by Gasteiger charge is -2.29. The maximum Gasteiger partial charge on any atom is 0.255 e. The molecule has 0 atom stereocenters. The van der Waals surface area contributed by atoms with Gasteiger partial charge in [0.25, 0.3) is 5.91 Å². The molecule has 0 aliphatic heterocycles. The first kappa shape index (κ1) is 14.2. The fourth-order valence-corrected chi connectivity index (χ4v) is 2.81. The molecule has 1 aliphatic rings. The van der Waals surface area contributed by atoms with Gasteiger partial charge in [0, 0.05) is 13.6 Å². The molecule has 5 heteroatoms. The molecule has 0 bridgehead atoms. The van der Waals surface area contributed by atoms with Crippen LogP contribution in [-0.2, 0) is 0 Å². The maximum atomic E-state index is 12.3. The predicted octanol–water partition coefficient (Wildman–Crippen LogP) is 2.30. The molecular formula is C14H19ClN2O2. The van der Waals surface area contributed by atoms with Crippen LogP contribution in [0.25, 0.3) is 0 Å². The van der Waals surface area contributed by atoms with E-state index < -0.39 is 5.60 Å². The summed E-state index contributed by atoms with van der Waals surface area (Å²) in [4.78, 5) is 13.8. The molecule has 1 aromatic rings. The second-order valence-corrected chi connectivity index (χ2v) is 5.70. The normalized spacial score (nSPS) is 17.4. The van der Waals surface area contributed by atoms with Gasteiger partial charge in [-0.1, -0.05) is 30.5 Å². The Morgan fingerprint density at radius 3 is 2.74 bits per heavy atom. The number of nitrogens with zero attached hydrogens (tertiary/aromatic N) is 1. The van der Waals surface area contributed by atoms with Crippen molar-refractivity contribution in [1.82, 2.24) is 4.90 Å². The van der Waals surface area contributed by atoms with E-state index in [1.807, 2.05) is 0 Å². The second kappa shape index (κ2) is 5.39. The van der Waals surface area contributed by atoms with Crippen LogP contribution in [0.2, 0.25) is 5.02 Å². The van der Waals surface area contributed by atoms with Gasteiger partial charge in [-0.05, 0) is 25.0 Å². The van der Waals surface area contributed by atoms with E-state index >= 15 is 0 Å². The number of anilines is 1. The van der Waals surface area contributed by atoms with E-state index in [1.165, 1.54) is 4.90 Å². The smallest absolute Gasteiger partial charge is 0.255 e. The average molecular weight is 283 g/mol. The summed E-state index contributed by atoms with van der Waals surface area (Å²) in [6, 6.07) is 5.00. The molecule has 0 spiro atoms. The molecular weight excluding hydrogens is 264 g/mol. The third kappa shape index (κ3) is 3.01. The minimum Gasteiger partial charge on any atom is -0.397 e. The predicted molar refractivity (Wildman–Crippen MR) is 76.2 cm³/mol. The van der Waals surface area contributed by atoms with Crippen LogP contribution in [0.3, 0.4) is 0 Å². The van der Waals surface area contributed by atoms with Gasteiger partial charge < -0.3 is 15.7 Å². The molecule has 1 fully saturated rings. The lowest BCUT2D eigenvalue weighted by atomic mass is 10.0. The monoisotopic (exact) mass is 282 g/mol. The van der Waals surface area contributed by atoms with E-state index in [9.17, 15) is 9.90 Å². The average Bonchev–Trinajstić information content (AvgIpc) is 2.78. The standard InChI is InChI=1S/C14H19ClN2O2/c1-17(9-14(19)7-2-3-8-14)13(18)10-5-4-6-11(15)12(10)16/h4-6,19H,2-3,7-9,16H2,1H3. The highest BCUT2D eigenvalue weighted by Gasteiger charge is 2.33. The SMILES string of the molecule is CN(CC1(O)CCCC1)C(=O)c1cccc(Cl)c1N. The Morgan fingerprint density at radius 2 is 2.11 bits per heavy atom. The van der Waals surface area contributed by atoms with Gasteiger partial charge in [-0.25, -0.2) is 0 Å². The first-order chi connectivity index (χ1) is 8.93. The number of benzene rings is 1. The van der Waals surface area contributed by atoms with Crippen LogP contribution in [-0.4, -0.2) is 35.1 Å².